The van der Waals surface area contributed by atoms with Gasteiger partial charge in [-0.1, -0.05) is 19.9 Å². The number of fused-ring (bicyclic) bond motifs is 1. The number of carbonyl (C=O) groups excluding carboxylic acids is 2. The van der Waals surface area contributed by atoms with Gasteiger partial charge in [0.25, 0.3) is 0 Å². The number of hydrogen-bond acceptors (Lipinski definition) is 4. The molecule has 0 heterocycles. The largest absolute Gasteiger partial charge is 0.460 e. The summed E-state index contributed by atoms with van der Waals surface area (Å²) in [7, 11) is 0. The SMILES string of the molecule is CC(=O)OC1=CC2=CCC[C@@H](C)[C@]2(C)C[C@@H]1CC(=O)OC(C)(C)C. The maximum atomic E-state index is 12.3. The van der Waals surface area contributed by atoms with Crippen molar-refractivity contribution in [2.45, 2.75) is 72.8 Å². The van der Waals surface area contributed by atoms with Crippen LogP contribution in [0.15, 0.2) is 23.5 Å². The zero-order chi connectivity index (χ0) is 18.1. The second-order valence-electron chi connectivity index (χ2n) is 8.39. The molecule has 0 spiro atoms. The highest BCUT2D eigenvalue weighted by atomic mass is 16.6. The van der Waals surface area contributed by atoms with E-state index in [9.17, 15) is 9.59 Å². The lowest BCUT2D eigenvalue weighted by Gasteiger charge is -2.45. The van der Waals surface area contributed by atoms with E-state index in [1.54, 1.807) is 0 Å². The third kappa shape index (κ3) is 4.28. The maximum absolute atomic E-state index is 12.3. The van der Waals surface area contributed by atoms with Gasteiger partial charge in [-0.3, -0.25) is 9.59 Å². The first-order chi connectivity index (χ1) is 11.0. The topological polar surface area (TPSA) is 52.6 Å². The molecule has 2 rings (SSSR count). The van der Waals surface area contributed by atoms with E-state index in [1.165, 1.54) is 12.5 Å². The van der Waals surface area contributed by atoms with E-state index in [0.717, 1.165) is 19.3 Å². The Morgan fingerprint density at radius 1 is 1.33 bits per heavy atom. The summed E-state index contributed by atoms with van der Waals surface area (Å²) in [6.07, 6.45) is 7.47. The summed E-state index contributed by atoms with van der Waals surface area (Å²) >= 11 is 0. The molecule has 2 aliphatic rings. The predicted molar refractivity (Wildman–Crippen MR) is 93.0 cm³/mol. The van der Waals surface area contributed by atoms with Crippen molar-refractivity contribution in [2.24, 2.45) is 17.3 Å². The van der Waals surface area contributed by atoms with Gasteiger partial charge in [0.15, 0.2) is 0 Å². The van der Waals surface area contributed by atoms with Gasteiger partial charge in [0.2, 0.25) is 0 Å². The number of carbonyl (C=O) groups is 2. The molecule has 24 heavy (non-hydrogen) atoms. The van der Waals surface area contributed by atoms with Gasteiger partial charge in [-0.15, -0.1) is 0 Å². The number of allylic oxidation sites excluding steroid dienone is 4. The Bertz CT molecular complexity index is 579. The van der Waals surface area contributed by atoms with Crippen LogP contribution in [0.1, 0.15) is 67.2 Å². The summed E-state index contributed by atoms with van der Waals surface area (Å²) in [6, 6.07) is 0. The molecule has 0 aromatic carbocycles. The maximum Gasteiger partial charge on any atom is 0.307 e. The number of esters is 2. The second-order valence-corrected chi connectivity index (χ2v) is 8.39. The van der Waals surface area contributed by atoms with Crippen LogP contribution < -0.4 is 0 Å². The van der Waals surface area contributed by atoms with E-state index < -0.39 is 5.60 Å². The van der Waals surface area contributed by atoms with Crippen LogP contribution in [0.25, 0.3) is 0 Å². The van der Waals surface area contributed by atoms with Gasteiger partial charge in [-0.05, 0) is 63.0 Å². The Morgan fingerprint density at radius 3 is 2.58 bits per heavy atom. The molecule has 4 nitrogen and oxygen atoms in total. The van der Waals surface area contributed by atoms with Gasteiger partial charge in [-0.25, -0.2) is 0 Å². The van der Waals surface area contributed by atoms with Crippen LogP contribution in [0, 0.1) is 17.3 Å². The molecular weight excluding hydrogens is 304 g/mol. The number of ether oxygens (including phenoxy) is 2. The van der Waals surface area contributed by atoms with Crippen molar-refractivity contribution in [2.75, 3.05) is 0 Å². The van der Waals surface area contributed by atoms with Crippen LogP contribution in [0.3, 0.4) is 0 Å². The zero-order valence-corrected chi connectivity index (χ0v) is 15.8. The molecule has 4 heteroatoms. The molecule has 3 atom stereocenters. The molecule has 0 N–H and O–H groups in total. The van der Waals surface area contributed by atoms with Gasteiger partial charge in [0, 0.05) is 12.8 Å². The van der Waals surface area contributed by atoms with Gasteiger partial charge >= 0.3 is 11.9 Å². The number of hydrogen-bond donors (Lipinski definition) is 0. The van der Waals surface area contributed by atoms with Crippen molar-refractivity contribution in [3.63, 3.8) is 0 Å². The minimum absolute atomic E-state index is 0.0224. The highest BCUT2D eigenvalue weighted by Crippen LogP contribution is 2.52. The standard InChI is InChI=1S/C20H30O4/c1-13-8-7-9-16-11-17(23-14(2)21)15(12-20(13,16)6)10-18(22)24-19(3,4)5/h9,11,13,15H,7-8,10,12H2,1-6H3/t13-,15+,20+/m1/s1. The van der Waals surface area contributed by atoms with Gasteiger partial charge in [0.05, 0.1) is 6.42 Å². The third-order valence-corrected chi connectivity index (χ3v) is 5.18. The minimum atomic E-state index is -0.510. The van der Waals surface area contributed by atoms with Crippen molar-refractivity contribution in [3.8, 4) is 0 Å². The van der Waals surface area contributed by atoms with Crippen LogP contribution in [-0.2, 0) is 19.1 Å². The molecule has 0 bridgehead atoms. The fourth-order valence-electron chi connectivity index (χ4n) is 3.79. The van der Waals surface area contributed by atoms with Crippen molar-refractivity contribution in [3.05, 3.63) is 23.5 Å². The molecule has 134 valence electrons. The second kappa shape index (κ2) is 6.73. The zero-order valence-electron chi connectivity index (χ0n) is 15.8. The molecule has 0 aromatic heterocycles. The summed E-state index contributed by atoms with van der Waals surface area (Å²) in [5, 5.41) is 0. The molecule has 0 aromatic rings. The highest BCUT2D eigenvalue weighted by molar-refractivity contribution is 5.71. The van der Waals surface area contributed by atoms with E-state index >= 15 is 0 Å². The Morgan fingerprint density at radius 2 is 2.00 bits per heavy atom. The highest BCUT2D eigenvalue weighted by Gasteiger charge is 2.43. The van der Waals surface area contributed by atoms with Gasteiger partial charge < -0.3 is 9.47 Å². The molecule has 0 aliphatic heterocycles. The number of rotatable bonds is 3. The summed E-state index contributed by atoms with van der Waals surface area (Å²) in [6.45, 7) is 11.5. The molecule has 2 aliphatic carbocycles. The smallest absolute Gasteiger partial charge is 0.307 e. The molecule has 0 unspecified atom stereocenters. The average Bonchev–Trinajstić information content (AvgIpc) is 2.39. The van der Waals surface area contributed by atoms with Crippen LogP contribution in [-0.4, -0.2) is 17.5 Å². The van der Waals surface area contributed by atoms with Gasteiger partial charge in [-0.2, -0.15) is 0 Å². The third-order valence-electron chi connectivity index (χ3n) is 5.18. The normalized spacial score (nSPS) is 29.9. The van der Waals surface area contributed by atoms with E-state index in [1.807, 2.05) is 26.8 Å². The van der Waals surface area contributed by atoms with E-state index in [0.29, 0.717) is 11.7 Å². The molecule has 0 saturated heterocycles. The Labute approximate surface area is 145 Å². The summed E-state index contributed by atoms with van der Waals surface area (Å²) in [5.74, 6) is 0.431. The first-order valence-electron chi connectivity index (χ1n) is 8.84. The van der Waals surface area contributed by atoms with E-state index in [2.05, 4.69) is 19.9 Å². The molecule has 0 saturated carbocycles. The Kier molecular flexibility index (Phi) is 5.26. The first-order valence-corrected chi connectivity index (χ1v) is 8.84. The Balaban J connectivity index is 2.27. The van der Waals surface area contributed by atoms with Crippen molar-refractivity contribution in [1.29, 1.82) is 0 Å². The van der Waals surface area contributed by atoms with Crippen molar-refractivity contribution >= 4 is 11.9 Å². The van der Waals surface area contributed by atoms with Crippen LogP contribution in [0.4, 0.5) is 0 Å². The average molecular weight is 334 g/mol. The van der Waals surface area contributed by atoms with E-state index in [-0.39, 0.29) is 29.7 Å². The lowest BCUT2D eigenvalue weighted by atomic mass is 9.60. The fourth-order valence-corrected chi connectivity index (χ4v) is 3.79. The van der Waals surface area contributed by atoms with Crippen LogP contribution in [0.2, 0.25) is 0 Å². The molecule has 0 radical (unpaired) electrons. The van der Waals surface area contributed by atoms with E-state index in [4.69, 9.17) is 9.47 Å². The monoisotopic (exact) mass is 334 g/mol. The summed E-state index contributed by atoms with van der Waals surface area (Å²) in [4.78, 5) is 23.8. The summed E-state index contributed by atoms with van der Waals surface area (Å²) < 4.78 is 10.9. The Hall–Kier alpha value is -1.58. The molecule has 0 fully saturated rings. The minimum Gasteiger partial charge on any atom is -0.460 e. The van der Waals surface area contributed by atoms with Gasteiger partial charge in [0.1, 0.15) is 11.4 Å². The molecule has 0 amide bonds. The summed E-state index contributed by atoms with van der Waals surface area (Å²) in [5.41, 5.74) is 0.747. The van der Waals surface area contributed by atoms with Crippen molar-refractivity contribution in [1.82, 2.24) is 0 Å². The van der Waals surface area contributed by atoms with Crippen molar-refractivity contribution < 1.29 is 19.1 Å². The van der Waals surface area contributed by atoms with Crippen LogP contribution in [0.5, 0.6) is 0 Å². The van der Waals surface area contributed by atoms with Crippen LogP contribution >= 0.6 is 0 Å². The first kappa shape index (κ1) is 18.8. The predicted octanol–water partition coefficient (Wildman–Crippen LogP) is 4.55. The lowest BCUT2D eigenvalue weighted by molar-refractivity contribution is -0.157. The quantitative estimate of drug-likeness (QED) is 0.711. The fraction of sp³-hybridized carbons (Fsp3) is 0.700. The molecular formula is C20H30O4. The lowest BCUT2D eigenvalue weighted by Crippen LogP contribution is -2.37.